The molecule has 0 aromatic heterocycles. The molecule has 10 heteroatoms. The average Bonchev–Trinajstić information content (AvgIpc) is 2.80. The number of ether oxygens (including phenoxy) is 3. The number of sulfonamides is 1. The molecule has 1 aliphatic carbocycles. The fourth-order valence-corrected chi connectivity index (χ4v) is 6.24. The Balaban J connectivity index is 1.52. The summed E-state index contributed by atoms with van der Waals surface area (Å²) in [5.41, 5.74) is 0.372. The zero-order valence-corrected chi connectivity index (χ0v) is 20.3. The summed E-state index contributed by atoms with van der Waals surface area (Å²) in [5, 5.41) is 2.92. The largest absolute Gasteiger partial charge is 0.489 e. The molecule has 1 N–H and O–H groups in total. The van der Waals surface area contributed by atoms with E-state index >= 15 is 0 Å². The topological polar surface area (TPSA) is 97.4 Å². The van der Waals surface area contributed by atoms with Crippen LogP contribution in [0.3, 0.4) is 0 Å². The van der Waals surface area contributed by atoms with Crippen molar-refractivity contribution in [2.24, 2.45) is 0 Å². The number of nitrogens with one attached hydrogen (secondary N) is 1. The molecule has 1 aromatic rings. The summed E-state index contributed by atoms with van der Waals surface area (Å²) in [4.78, 5) is 15.4. The van der Waals surface area contributed by atoms with Crippen LogP contribution in [0.2, 0.25) is 0 Å². The first-order valence-electron chi connectivity index (χ1n) is 11.9. The highest BCUT2D eigenvalue weighted by atomic mass is 32.2. The van der Waals surface area contributed by atoms with Gasteiger partial charge in [-0.1, -0.05) is 12.8 Å². The fourth-order valence-electron chi connectivity index (χ4n) is 4.81. The van der Waals surface area contributed by atoms with Crippen LogP contribution in [0.15, 0.2) is 23.1 Å². The summed E-state index contributed by atoms with van der Waals surface area (Å²) < 4.78 is 44.7. The number of fused-ring (bicyclic) bond motifs is 1. The lowest BCUT2D eigenvalue weighted by Gasteiger charge is -2.43. The van der Waals surface area contributed by atoms with Crippen LogP contribution < -0.4 is 10.1 Å². The number of hydrogen-bond donors (Lipinski definition) is 1. The van der Waals surface area contributed by atoms with E-state index in [1.54, 1.807) is 6.07 Å². The molecule has 3 aliphatic rings. The minimum Gasteiger partial charge on any atom is -0.489 e. The Labute approximate surface area is 196 Å². The normalized spacial score (nSPS) is 24.9. The first kappa shape index (κ1) is 24.4. The van der Waals surface area contributed by atoms with Crippen LogP contribution in [0.5, 0.6) is 5.75 Å². The summed E-state index contributed by atoms with van der Waals surface area (Å²) in [6.45, 7) is 6.74. The third-order valence-corrected chi connectivity index (χ3v) is 8.28. The maximum atomic E-state index is 13.1. The van der Waals surface area contributed by atoms with Crippen LogP contribution in [-0.4, -0.2) is 87.8 Å². The number of nitrogens with zero attached hydrogens (tertiary/aromatic N) is 2. The molecule has 2 atom stereocenters. The zero-order valence-electron chi connectivity index (χ0n) is 19.5. The molecule has 0 radical (unpaired) electrons. The van der Waals surface area contributed by atoms with Crippen molar-refractivity contribution >= 4 is 21.6 Å². The molecule has 2 saturated heterocycles. The fraction of sp³-hybridized carbons (Fsp3) is 0.696. The van der Waals surface area contributed by atoms with Gasteiger partial charge in [0.2, 0.25) is 15.9 Å². The van der Waals surface area contributed by atoms with Crippen molar-refractivity contribution in [1.29, 1.82) is 0 Å². The first-order chi connectivity index (χ1) is 15.8. The maximum Gasteiger partial charge on any atom is 0.243 e. The average molecular weight is 482 g/mol. The molecule has 0 spiro atoms. The van der Waals surface area contributed by atoms with Gasteiger partial charge >= 0.3 is 0 Å². The molecule has 0 bridgehead atoms. The van der Waals surface area contributed by atoms with Gasteiger partial charge in [-0.3, -0.25) is 9.69 Å². The maximum absolute atomic E-state index is 13.1. The third-order valence-electron chi connectivity index (χ3n) is 6.39. The van der Waals surface area contributed by atoms with Crippen LogP contribution in [0, 0.1) is 0 Å². The van der Waals surface area contributed by atoms with Gasteiger partial charge in [0.1, 0.15) is 5.75 Å². The molecule has 9 nitrogen and oxygen atoms in total. The van der Waals surface area contributed by atoms with E-state index in [-0.39, 0.29) is 35.6 Å². The molecule has 2 heterocycles. The van der Waals surface area contributed by atoms with Crippen molar-refractivity contribution in [1.82, 2.24) is 9.21 Å². The molecule has 184 valence electrons. The lowest BCUT2D eigenvalue weighted by Crippen LogP contribution is -2.54. The second-order valence-corrected chi connectivity index (χ2v) is 11.1. The van der Waals surface area contributed by atoms with E-state index in [2.05, 4.69) is 10.2 Å². The minimum absolute atomic E-state index is 0.121. The molecule has 1 aromatic carbocycles. The highest BCUT2D eigenvalue weighted by molar-refractivity contribution is 7.89. The number of carbonyl (C=O) groups excluding carboxylic acids is 1. The second-order valence-electron chi connectivity index (χ2n) is 9.12. The number of rotatable bonds is 7. The molecule has 33 heavy (non-hydrogen) atoms. The standard InChI is InChI=1S/C23H35N3O6S/c1-17(2)32-21-8-7-18(33(28,29)26-10-12-30-13-11-26)15-19(21)24-23(27)16-25-9-14-31-22-6-4-3-5-20(22)25/h7-8,15,17,20,22H,3-6,9-14,16H2,1-2H3,(H,24,27). The number of anilines is 1. The minimum atomic E-state index is -3.69. The number of carbonyl (C=O) groups is 1. The Morgan fingerprint density at radius 1 is 1.15 bits per heavy atom. The highest BCUT2D eigenvalue weighted by Gasteiger charge is 2.35. The number of amides is 1. The van der Waals surface area contributed by atoms with Gasteiger partial charge in [0, 0.05) is 25.7 Å². The summed E-state index contributed by atoms with van der Waals surface area (Å²) in [6.07, 6.45) is 4.47. The Bertz CT molecular complexity index is 930. The number of hydrogen-bond acceptors (Lipinski definition) is 7. The SMILES string of the molecule is CC(C)Oc1ccc(S(=O)(=O)N2CCOCC2)cc1NC(=O)CN1CCOC2CCCCC21. The summed E-state index contributed by atoms with van der Waals surface area (Å²) in [7, 11) is -3.69. The lowest BCUT2D eigenvalue weighted by atomic mass is 9.90. The quantitative estimate of drug-likeness (QED) is 0.637. The number of morpholine rings is 2. The van der Waals surface area contributed by atoms with E-state index < -0.39 is 10.0 Å². The van der Waals surface area contributed by atoms with Crippen molar-refractivity contribution < 1.29 is 27.4 Å². The van der Waals surface area contributed by atoms with E-state index in [4.69, 9.17) is 14.2 Å². The molecule has 4 rings (SSSR count). The van der Waals surface area contributed by atoms with E-state index in [1.165, 1.54) is 22.9 Å². The summed E-state index contributed by atoms with van der Waals surface area (Å²) in [5.74, 6) is 0.271. The van der Waals surface area contributed by atoms with Gasteiger partial charge in [-0.25, -0.2) is 8.42 Å². The summed E-state index contributed by atoms with van der Waals surface area (Å²) >= 11 is 0. The van der Waals surface area contributed by atoms with Gasteiger partial charge in [-0.2, -0.15) is 4.31 Å². The number of benzene rings is 1. The lowest BCUT2D eigenvalue weighted by molar-refractivity contribution is -0.124. The Morgan fingerprint density at radius 3 is 2.67 bits per heavy atom. The third kappa shape index (κ3) is 5.86. The molecule has 2 aliphatic heterocycles. The Hall–Kier alpha value is -1.72. The van der Waals surface area contributed by atoms with E-state index in [0.717, 1.165) is 25.8 Å². The summed E-state index contributed by atoms with van der Waals surface area (Å²) in [6, 6.07) is 4.92. The first-order valence-corrected chi connectivity index (χ1v) is 13.3. The van der Waals surface area contributed by atoms with Crippen LogP contribution in [0.1, 0.15) is 39.5 Å². The highest BCUT2D eigenvalue weighted by Crippen LogP contribution is 2.31. The Morgan fingerprint density at radius 2 is 1.91 bits per heavy atom. The molecular formula is C23H35N3O6S. The van der Waals surface area contributed by atoms with Gasteiger partial charge in [0.25, 0.3) is 0 Å². The van der Waals surface area contributed by atoms with Gasteiger partial charge in [-0.15, -0.1) is 0 Å². The zero-order chi connectivity index (χ0) is 23.4. The van der Waals surface area contributed by atoms with Crippen LogP contribution >= 0.6 is 0 Å². The monoisotopic (exact) mass is 481 g/mol. The molecule has 3 fully saturated rings. The Kier molecular flexibility index (Phi) is 7.91. The van der Waals surface area contributed by atoms with Crippen molar-refractivity contribution in [3.8, 4) is 5.75 Å². The predicted octanol–water partition coefficient (Wildman–Crippen LogP) is 2.08. The van der Waals surface area contributed by atoms with E-state index in [9.17, 15) is 13.2 Å². The van der Waals surface area contributed by atoms with E-state index in [1.807, 2.05) is 13.8 Å². The van der Waals surface area contributed by atoms with Crippen molar-refractivity contribution in [2.45, 2.75) is 62.7 Å². The molecule has 1 saturated carbocycles. The van der Waals surface area contributed by atoms with E-state index in [0.29, 0.717) is 44.3 Å². The van der Waals surface area contributed by atoms with Gasteiger partial charge in [-0.05, 0) is 44.9 Å². The van der Waals surface area contributed by atoms with Crippen molar-refractivity contribution in [2.75, 3.05) is 51.3 Å². The van der Waals surface area contributed by atoms with Crippen molar-refractivity contribution in [3.05, 3.63) is 18.2 Å². The van der Waals surface area contributed by atoms with Crippen LogP contribution in [0.25, 0.3) is 0 Å². The van der Waals surface area contributed by atoms with Crippen molar-refractivity contribution in [3.63, 3.8) is 0 Å². The molecule has 1 amide bonds. The van der Waals surface area contributed by atoms with Gasteiger partial charge < -0.3 is 19.5 Å². The molecular weight excluding hydrogens is 446 g/mol. The van der Waals surface area contributed by atoms with Gasteiger partial charge in [0.15, 0.2) is 0 Å². The van der Waals surface area contributed by atoms with Gasteiger partial charge in [0.05, 0.1) is 49.2 Å². The predicted molar refractivity (Wildman–Crippen MR) is 124 cm³/mol. The second kappa shape index (κ2) is 10.7. The smallest absolute Gasteiger partial charge is 0.243 e. The van der Waals surface area contributed by atoms with Crippen LogP contribution in [-0.2, 0) is 24.3 Å². The van der Waals surface area contributed by atoms with Crippen LogP contribution in [0.4, 0.5) is 5.69 Å². The molecule has 2 unspecified atom stereocenters.